The number of rotatable bonds is 1. The van der Waals surface area contributed by atoms with Crippen LogP contribution in [0.15, 0.2) is 10.9 Å². The van der Waals surface area contributed by atoms with Gasteiger partial charge in [0.25, 0.3) is 5.56 Å². The first-order valence-electron chi connectivity index (χ1n) is 5.29. The molecule has 0 bridgehead atoms. The molecule has 0 aromatic carbocycles. The van der Waals surface area contributed by atoms with E-state index in [0.717, 1.165) is 36.5 Å². The maximum absolute atomic E-state index is 11.8. The number of fused-ring (bicyclic) bond motifs is 1. The fraction of sp³-hybridized carbons (Fsp3) is 0.545. The molecule has 0 saturated heterocycles. The van der Waals surface area contributed by atoms with E-state index in [1.807, 2.05) is 18.5 Å². The molecule has 2 heterocycles. The third kappa shape index (κ3) is 1.55. The fourth-order valence-electron chi connectivity index (χ4n) is 2.27. The van der Waals surface area contributed by atoms with Gasteiger partial charge in [-0.1, -0.05) is 0 Å². The Morgan fingerprint density at radius 2 is 2.20 bits per heavy atom. The first kappa shape index (κ1) is 10.2. The lowest BCUT2D eigenvalue weighted by Crippen LogP contribution is -2.36. The van der Waals surface area contributed by atoms with E-state index in [2.05, 4.69) is 4.90 Å². The molecule has 4 heteroatoms. The van der Waals surface area contributed by atoms with Gasteiger partial charge in [0.1, 0.15) is 5.82 Å². The van der Waals surface area contributed by atoms with Crippen molar-refractivity contribution >= 4 is 5.82 Å². The molecule has 1 aliphatic heterocycles. The summed E-state index contributed by atoms with van der Waals surface area (Å²) < 4.78 is 1.83. The van der Waals surface area contributed by atoms with E-state index in [0.29, 0.717) is 6.54 Å². The van der Waals surface area contributed by atoms with Crippen LogP contribution < -0.4 is 16.2 Å². The maximum Gasteiger partial charge on any atom is 0.252 e. The lowest BCUT2D eigenvalue weighted by molar-refractivity contribution is 0.560. The Morgan fingerprint density at radius 3 is 2.87 bits per heavy atom. The molecule has 1 aromatic rings. The summed E-state index contributed by atoms with van der Waals surface area (Å²) in [5, 5.41) is 0. The molecule has 0 fully saturated rings. The predicted molar refractivity (Wildman–Crippen MR) is 61.2 cm³/mol. The van der Waals surface area contributed by atoms with Gasteiger partial charge >= 0.3 is 0 Å². The predicted octanol–water partition coefficient (Wildman–Crippen LogP) is 0.455. The first-order chi connectivity index (χ1) is 7.15. The summed E-state index contributed by atoms with van der Waals surface area (Å²) in [7, 11) is 2.02. The van der Waals surface area contributed by atoms with Crippen molar-refractivity contribution in [1.29, 1.82) is 0 Å². The molecule has 1 aliphatic rings. The molecule has 0 amide bonds. The van der Waals surface area contributed by atoms with Crippen LogP contribution >= 0.6 is 0 Å². The highest BCUT2D eigenvalue weighted by Crippen LogP contribution is 2.24. The van der Waals surface area contributed by atoms with E-state index in [-0.39, 0.29) is 5.56 Å². The zero-order valence-electron chi connectivity index (χ0n) is 9.29. The Kier molecular flexibility index (Phi) is 2.52. The van der Waals surface area contributed by atoms with Crippen molar-refractivity contribution in [1.82, 2.24) is 4.57 Å². The van der Waals surface area contributed by atoms with Crippen LogP contribution in [0.4, 0.5) is 5.82 Å². The average Bonchev–Trinajstić information content (AvgIpc) is 2.20. The Morgan fingerprint density at radius 1 is 1.47 bits per heavy atom. The van der Waals surface area contributed by atoms with Crippen molar-refractivity contribution in [3.8, 4) is 0 Å². The molecule has 0 aliphatic carbocycles. The second kappa shape index (κ2) is 3.70. The van der Waals surface area contributed by atoms with Crippen LogP contribution in [-0.4, -0.2) is 18.2 Å². The van der Waals surface area contributed by atoms with Crippen molar-refractivity contribution in [2.24, 2.45) is 5.73 Å². The van der Waals surface area contributed by atoms with E-state index in [4.69, 9.17) is 5.73 Å². The number of hydrogen-bond acceptors (Lipinski definition) is 3. The highest BCUT2D eigenvalue weighted by atomic mass is 16.1. The summed E-state index contributed by atoms with van der Waals surface area (Å²) in [5.41, 5.74) is 7.93. The van der Waals surface area contributed by atoms with E-state index in [1.165, 1.54) is 0 Å². The number of nitrogens with two attached hydrogens (primary N) is 1. The maximum atomic E-state index is 11.8. The SMILES string of the molecule is Cc1cc(=O)n2c(c1CN)N(C)CCC2. The summed E-state index contributed by atoms with van der Waals surface area (Å²) in [5.74, 6) is 1.01. The fourth-order valence-corrected chi connectivity index (χ4v) is 2.27. The lowest BCUT2D eigenvalue weighted by Gasteiger charge is -2.31. The minimum Gasteiger partial charge on any atom is -0.361 e. The highest BCUT2D eigenvalue weighted by Gasteiger charge is 2.19. The van der Waals surface area contributed by atoms with Crippen LogP contribution in [0.3, 0.4) is 0 Å². The van der Waals surface area contributed by atoms with Gasteiger partial charge in [-0.15, -0.1) is 0 Å². The summed E-state index contributed by atoms with van der Waals surface area (Å²) >= 11 is 0. The van der Waals surface area contributed by atoms with Gasteiger partial charge in [0.15, 0.2) is 0 Å². The van der Waals surface area contributed by atoms with Gasteiger partial charge in [0.2, 0.25) is 0 Å². The zero-order chi connectivity index (χ0) is 11.0. The Balaban J connectivity index is 2.72. The lowest BCUT2D eigenvalue weighted by atomic mass is 10.1. The molecule has 4 nitrogen and oxygen atoms in total. The minimum atomic E-state index is 0.0891. The quantitative estimate of drug-likeness (QED) is 0.727. The normalized spacial score (nSPS) is 15.3. The molecule has 15 heavy (non-hydrogen) atoms. The standard InChI is InChI=1S/C11H17N3O/c1-8-6-10(15)14-5-3-4-13(2)11(14)9(8)7-12/h6H,3-5,7,12H2,1-2H3. The van der Waals surface area contributed by atoms with Gasteiger partial charge < -0.3 is 10.6 Å². The van der Waals surface area contributed by atoms with Crippen molar-refractivity contribution in [2.75, 3.05) is 18.5 Å². The number of pyridine rings is 1. The molecule has 82 valence electrons. The first-order valence-corrected chi connectivity index (χ1v) is 5.29. The van der Waals surface area contributed by atoms with Crippen molar-refractivity contribution in [3.05, 3.63) is 27.5 Å². The van der Waals surface area contributed by atoms with Crippen LogP contribution in [0, 0.1) is 6.92 Å². The smallest absolute Gasteiger partial charge is 0.252 e. The van der Waals surface area contributed by atoms with Gasteiger partial charge in [-0.3, -0.25) is 9.36 Å². The molecule has 0 atom stereocenters. The molecule has 0 radical (unpaired) electrons. The van der Waals surface area contributed by atoms with Gasteiger partial charge in [-0.05, 0) is 18.9 Å². The second-order valence-electron chi connectivity index (χ2n) is 4.10. The third-order valence-electron chi connectivity index (χ3n) is 3.05. The van der Waals surface area contributed by atoms with Crippen LogP contribution in [0.2, 0.25) is 0 Å². The molecule has 0 saturated carbocycles. The number of anilines is 1. The molecule has 0 spiro atoms. The van der Waals surface area contributed by atoms with Gasteiger partial charge in [0.05, 0.1) is 0 Å². The molecular formula is C11H17N3O. The van der Waals surface area contributed by atoms with Crippen LogP contribution in [0.25, 0.3) is 0 Å². The summed E-state index contributed by atoms with van der Waals surface area (Å²) in [6.45, 7) is 4.25. The molecule has 0 unspecified atom stereocenters. The van der Waals surface area contributed by atoms with E-state index in [1.54, 1.807) is 6.07 Å². The largest absolute Gasteiger partial charge is 0.361 e. The minimum absolute atomic E-state index is 0.0891. The monoisotopic (exact) mass is 207 g/mol. The average molecular weight is 207 g/mol. The van der Waals surface area contributed by atoms with Crippen molar-refractivity contribution < 1.29 is 0 Å². The van der Waals surface area contributed by atoms with Crippen molar-refractivity contribution in [2.45, 2.75) is 26.4 Å². The van der Waals surface area contributed by atoms with E-state index >= 15 is 0 Å². The molecular weight excluding hydrogens is 190 g/mol. The highest BCUT2D eigenvalue weighted by molar-refractivity contribution is 5.51. The zero-order valence-corrected chi connectivity index (χ0v) is 9.29. The van der Waals surface area contributed by atoms with Gasteiger partial charge in [0, 0.05) is 38.3 Å². The molecule has 2 rings (SSSR count). The van der Waals surface area contributed by atoms with Crippen LogP contribution in [-0.2, 0) is 13.1 Å². The van der Waals surface area contributed by atoms with Crippen LogP contribution in [0.1, 0.15) is 17.5 Å². The molecule has 1 aromatic heterocycles. The third-order valence-corrected chi connectivity index (χ3v) is 3.05. The number of aryl methyl sites for hydroxylation is 1. The van der Waals surface area contributed by atoms with Crippen LogP contribution in [0.5, 0.6) is 0 Å². The Hall–Kier alpha value is -1.29. The van der Waals surface area contributed by atoms with E-state index < -0.39 is 0 Å². The van der Waals surface area contributed by atoms with Crippen molar-refractivity contribution in [3.63, 3.8) is 0 Å². The Labute approximate surface area is 89.3 Å². The molecule has 2 N–H and O–H groups in total. The second-order valence-corrected chi connectivity index (χ2v) is 4.10. The number of aromatic nitrogens is 1. The summed E-state index contributed by atoms with van der Waals surface area (Å²) in [4.78, 5) is 13.9. The Bertz CT molecular complexity index is 436. The number of hydrogen-bond donors (Lipinski definition) is 1. The number of nitrogens with zero attached hydrogens (tertiary/aromatic N) is 2. The summed E-state index contributed by atoms with van der Waals surface area (Å²) in [6, 6.07) is 1.69. The van der Waals surface area contributed by atoms with E-state index in [9.17, 15) is 4.79 Å². The topological polar surface area (TPSA) is 51.3 Å². The van der Waals surface area contributed by atoms with Gasteiger partial charge in [-0.25, -0.2) is 0 Å². The summed E-state index contributed by atoms with van der Waals surface area (Å²) in [6.07, 6.45) is 1.02. The van der Waals surface area contributed by atoms with Gasteiger partial charge in [-0.2, -0.15) is 0 Å².